The summed E-state index contributed by atoms with van der Waals surface area (Å²) in [7, 11) is 0. The fourth-order valence-electron chi connectivity index (χ4n) is 0. The SMILES string of the molecule is [Ac+3].[OH-].[OH-].[OH-]. The molecule has 0 aromatic heterocycles. The van der Waals surface area contributed by atoms with E-state index in [9.17, 15) is 0 Å². The van der Waals surface area contributed by atoms with Gasteiger partial charge in [0.25, 0.3) is 0 Å². The molecule has 0 radical (unpaired) electrons. The van der Waals surface area contributed by atoms with Crippen LogP contribution in [0.5, 0.6) is 0 Å². The third-order valence-corrected chi connectivity index (χ3v) is 0. The zero-order valence-electron chi connectivity index (χ0n) is 1.92. The molecule has 3 N–H and O–H groups in total. The molecule has 0 saturated carbocycles. The summed E-state index contributed by atoms with van der Waals surface area (Å²) < 4.78 is 0. The van der Waals surface area contributed by atoms with E-state index in [1.54, 1.807) is 0 Å². The quantitative estimate of drug-likeness (QED) is 0.596. The monoisotopic (exact) mass is 278 g/mol. The van der Waals surface area contributed by atoms with E-state index >= 15 is 0 Å². The van der Waals surface area contributed by atoms with Crippen LogP contribution in [0.4, 0.5) is 0 Å². The van der Waals surface area contributed by atoms with E-state index in [-0.39, 0.29) is 60.5 Å². The first kappa shape index (κ1) is 56.9. The Morgan fingerprint density at radius 2 is 0.500 bits per heavy atom. The van der Waals surface area contributed by atoms with Crippen molar-refractivity contribution in [1.82, 2.24) is 0 Å². The van der Waals surface area contributed by atoms with Gasteiger partial charge in [-0.3, -0.25) is 0 Å². The fourth-order valence-corrected chi connectivity index (χ4v) is 0. The summed E-state index contributed by atoms with van der Waals surface area (Å²) in [6, 6.07) is 0. The van der Waals surface area contributed by atoms with Crippen LogP contribution in [0.15, 0.2) is 0 Å². The average molecular weight is 278 g/mol. The van der Waals surface area contributed by atoms with Crippen LogP contribution in [0.1, 0.15) is 0 Å². The third kappa shape index (κ3) is 10.3. The largest absolute Gasteiger partial charge is 3.00 e. The number of hydrogen-bond donors (Lipinski definition) is 0. The molecule has 0 atom stereocenters. The predicted octanol–water partition coefficient (Wildman–Crippen LogP) is -0.530. The molecule has 0 saturated heterocycles. The van der Waals surface area contributed by atoms with Crippen molar-refractivity contribution in [1.29, 1.82) is 0 Å². The normalized spacial score (nSPS) is 0. The third-order valence-electron chi connectivity index (χ3n) is 0. The van der Waals surface area contributed by atoms with Crippen LogP contribution in [0.25, 0.3) is 0 Å². The minimum absolute atomic E-state index is 0. The van der Waals surface area contributed by atoms with E-state index in [1.807, 2.05) is 0 Å². The van der Waals surface area contributed by atoms with Gasteiger partial charge >= 0.3 is 44.1 Å². The van der Waals surface area contributed by atoms with Gasteiger partial charge in [0.2, 0.25) is 0 Å². The fraction of sp³-hybridized carbons (Fsp3) is 0. The van der Waals surface area contributed by atoms with Crippen molar-refractivity contribution >= 4 is 0 Å². The molecule has 0 heterocycles. The van der Waals surface area contributed by atoms with Crippen molar-refractivity contribution in [2.24, 2.45) is 0 Å². The Bertz CT molecular complexity index is 3.25. The molecular formula is H3AcO3. The molecule has 4 heteroatoms. The molecule has 0 aliphatic rings. The zero-order valence-corrected chi connectivity index (χ0v) is 6.66. The zero-order chi connectivity index (χ0) is 0. The molecule has 4 heavy (non-hydrogen) atoms. The minimum atomic E-state index is 0. The van der Waals surface area contributed by atoms with Gasteiger partial charge in [-0.05, 0) is 0 Å². The molecule has 0 unspecified atom stereocenters. The molecule has 0 aliphatic carbocycles. The van der Waals surface area contributed by atoms with Gasteiger partial charge in [-0.2, -0.15) is 0 Å². The second-order valence-electron chi connectivity index (χ2n) is 0. The number of rotatable bonds is 0. The summed E-state index contributed by atoms with van der Waals surface area (Å²) in [5.74, 6) is 0. The van der Waals surface area contributed by atoms with Gasteiger partial charge in [0.05, 0.1) is 0 Å². The standard InChI is InChI=1S/Ac.3H2O/h;3*1H2/q+3;;;/p-3. The maximum Gasteiger partial charge on any atom is 3.00 e. The molecule has 0 aromatic carbocycles. The molecule has 3 nitrogen and oxygen atoms in total. The van der Waals surface area contributed by atoms with Gasteiger partial charge in [-0.1, -0.05) is 0 Å². The molecule has 24 valence electrons. The summed E-state index contributed by atoms with van der Waals surface area (Å²) in [4.78, 5) is 0. The van der Waals surface area contributed by atoms with Gasteiger partial charge in [0.1, 0.15) is 0 Å². The Hall–Kier alpha value is 1.32. The van der Waals surface area contributed by atoms with E-state index in [2.05, 4.69) is 0 Å². The first-order chi connectivity index (χ1) is 0. The molecule has 0 aromatic rings. The summed E-state index contributed by atoms with van der Waals surface area (Å²) in [6.45, 7) is 0. The van der Waals surface area contributed by atoms with Gasteiger partial charge < -0.3 is 16.4 Å². The van der Waals surface area contributed by atoms with E-state index in [4.69, 9.17) is 0 Å². The van der Waals surface area contributed by atoms with Crippen LogP contribution >= 0.6 is 0 Å². The Labute approximate surface area is 59.9 Å². The van der Waals surface area contributed by atoms with Gasteiger partial charge in [0.15, 0.2) is 0 Å². The van der Waals surface area contributed by atoms with Crippen LogP contribution in [0.3, 0.4) is 0 Å². The van der Waals surface area contributed by atoms with Gasteiger partial charge in [-0.25, -0.2) is 0 Å². The van der Waals surface area contributed by atoms with E-state index in [0.717, 1.165) is 0 Å². The van der Waals surface area contributed by atoms with Crippen molar-refractivity contribution < 1.29 is 60.5 Å². The Morgan fingerprint density at radius 3 is 0.500 bits per heavy atom. The Balaban J connectivity index is 0. The van der Waals surface area contributed by atoms with E-state index < -0.39 is 0 Å². The second-order valence-corrected chi connectivity index (χ2v) is 0. The van der Waals surface area contributed by atoms with Crippen LogP contribution < -0.4 is 0 Å². The minimum Gasteiger partial charge on any atom is -0.870 e. The molecule has 0 bridgehead atoms. The van der Waals surface area contributed by atoms with Crippen molar-refractivity contribution in [3.05, 3.63) is 0 Å². The molecule has 0 fully saturated rings. The summed E-state index contributed by atoms with van der Waals surface area (Å²) in [5.41, 5.74) is 0. The second kappa shape index (κ2) is 27.3. The first-order valence-electron chi connectivity index (χ1n) is 0. The molecule has 0 amide bonds. The van der Waals surface area contributed by atoms with Crippen LogP contribution in [-0.4, -0.2) is 16.4 Å². The molecular weight excluding hydrogens is 275 g/mol. The van der Waals surface area contributed by atoms with Crippen LogP contribution in [-0.2, 0) is 0 Å². The van der Waals surface area contributed by atoms with Crippen molar-refractivity contribution in [2.75, 3.05) is 0 Å². The van der Waals surface area contributed by atoms with Gasteiger partial charge in [-0.15, -0.1) is 0 Å². The molecule has 0 spiro atoms. The topological polar surface area (TPSA) is 90.0 Å². The maximum absolute atomic E-state index is 0. The molecule has 0 rings (SSSR count). The Morgan fingerprint density at radius 1 is 0.500 bits per heavy atom. The van der Waals surface area contributed by atoms with E-state index in [1.165, 1.54) is 0 Å². The van der Waals surface area contributed by atoms with Gasteiger partial charge in [0, 0.05) is 0 Å². The van der Waals surface area contributed by atoms with Crippen molar-refractivity contribution in [3.8, 4) is 0 Å². The van der Waals surface area contributed by atoms with Crippen molar-refractivity contribution in [3.63, 3.8) is 0 Å². The smallest absolute Gasteiger partial charge is 0.870 e. The predicted molar refractivity (Wildman–Crippen MR) is 5.81 cm³/mol. The molecule has 0 aliphatic heterocycles. The number of hydrogen-bond acceptors (Lipinski definition) is 3. The summed E-state index contributed by atoms with van der Waals surface area (Å²) >= 11 is 0. The summed E-state index contributed by atoms with van der Waals surface area (Å²) in [5, 5.41) is 0. The van der Waals surface area contributed by atoms with E-state index in [0.29, 0.717) is 0 Å². The first-order valence-corrected chi connectivity index (χ1v) is 0. The Kier molecular flexibility index (Phi) is 388. The summed E-state index contributed by atoms with van der Waals surface area (Å²) in [6.07, 6.45) is 0. The van der Waals surface area contributed by atoms with Crippen molar-refractivity contribution in [2.45, 2.75) is 0 Å². The van der Waals surface area contributed by atoms with Crippen LogP contribution in [0.2, 0.25) is 0 Å². The maximum atomic E-state index is 0. The van der Waals surface area contributed by atoms with Crippen LogP contribution in [0, 0.1) is 44.1 Å². The average Bonchev–Trinajstić information content (AvgIpc) is 0.